The molecule has 0 aliphatic carbocycles. The lowest BCUT2D eigenvalue weighted by Crippen LogP contribution is -2.38. The fourth-order valence-electron chi connectivity index (χ4n) is 3.29. The van der Waals surface area contributed by atoms with E-state index in [-0.39, 0.29) is 29.7 Å². The van der Waals surface area contributed by atoms with E-state index < -0.39 is 17.6 Å². The van der Waals surface area contributed by atoms with Crippen LogP contribution in [0.5, 0.6) is 0 Å². The van der Waals surface area contributed by atoms with Gasteiger partial charge in [0.1, 0.15) is 17.5 Å². The molecule has 2 aliphatic heterocycles. The molecule has 3 heterocycles. The number of nitrogens with two attached hydrogens (primary N) is 1. The third-order valence-electron chi connectivity index (χ3n) is 4.70. The van der Waals surface area contributed by atoms with Gasteiger partial charge in [0, 0.05) is 19.5 Å². The minimum absolute atomic E-state index is 0.0319. The van der Waals surface area contributed by atoms with Crippen LogP contribution >= 0.6 is 0 Å². The zero-order chi connectivity index (χ0) is 19.7. The summed E-state index contributed by atoms with van der Waals surface area (Å²) >= 11 is 0. The predicted molar refractivity (Wildman–Crippen MR) is 100 cm³/mol. The number of carbonyl (C=O) groups is 2. The van der Waals surface area contributed by atoms with Gasteiger partial charge in [0.2, 0.25) is 17.8 Å². The summed E-state index contributed by atoms with van der Waals surface area (Å²) in [7, 11) is 0. The lowest BCUT2D eigenvalue weighted by atomic mass is 9.92. The number of aromatic nitrogens is 2. The number of nitrogens with one attached hydrogen (secondary N) is 2. The fraction of sp³-hybridized carbons (Fsp3) is 0.333. The molecule has 4 N–H and O–H groups in total. The summed E-state index contributed by atoms with van der Waals surface area (Å²) in [5.41, 5.74) is 6.50. The van der Waals surface area contributed by atoms with Crippen molar-refractivity contribution in [1.29, 1.82) is 0 Å². The molecule has 2 aromatic rings. The van der Waals surface area contributed by atoms with Crippen molar-refractivity contribution in [1.82, 2.24) is 9.97 Å². The van der Waals surface area contributed by atoms with Crippen molar-refractivity contribution < 1.29 is 18.7 Å². The van der Waals surface area contributed by atoms with Crippen LogP contribution in [0.4, 0.5) is 27.7 Å². The molecule has 0 saturated carbocycles. The Morgan fingerprint density at radius 3 is 2.79 bits per heavy atom. The molecule has 1 unspecified atom stereocenters. The summed E-state index contributed by atoms with van der Waals surface area (Å²) in [6.45, 7) is 2.29. The Bertz CT molecular complexity index is 932. The monoisotopic (exact) mass is 386 g/mol. The molecule has 28 heavy (non-hydrogen) atoms. The molecule has 1 saturated heterocycles. The minimum Gasteiger partial charge on any atom is -0.383 e. The van der Waals surface area contributed by atoms with Crippen molar-refractivity contribution >= 4 is 35.1 Å². The maximum atomic E-state index is 13.9. The van der Waals surface area contributed by atoms with Gasteiger partial charge < -0.3 is 26.0 Å². The van der Waals surface area contributed by atoms with Crippen LogP contribution in [0.3, 0.4) is 0 Å². The number of hydrogen-bond acceptors (Lipinski definition) is 7. The van der Waals surface area contributed by atoms with E-state index >= 15 is 0 Å². The number of morpholine rings is 1. The molecule has 4 rings (SSSR count). The number of fused-ring (bicyclic) bond motifs is 1. The second-order valence-corrected chi connectivity index (χ2v) is 6.54. The molecular formula is C18H19FN6O3. The molecule has 0 radical (unpaired) electrons. The van der Waals surface area contributed by atoms with Crippen LogP contribution in [-0.2, 0) is 14.3 Å². The fourth-order valence-corrected chi connectivity index (χ4v) is 3.29. The van der Waals surface area contributed by atoms with Crippen molar-refractivity contribution in [2.75, 3.05) is 47.6 Å². The van der Waals surface area contributed by atoms with E-state index in [0.29, 0.717) is 37.8 Å². The smallest absolute Gasteiger partial charge is 0.232 e. The van der Waals surface area contributed by atoms with Gasteiger partial charge in [-0.25, -0.2) is 4.39 Å². The van der Waals surface area contributed by atoms with E-state index in [0.717, 1.165) is 0 Å². The van der Waals surface area contributed by atoms with Crippen molar-refractivity contribution in [3.63, 3.8) is 0 Å². The van der Waals surface area contributed by atoms with Gasteiger partial charge in [-0.05, 0) is 12.1 Å². The summed E-state index contributed by atoms with van der Waals surface area (Å²) in [5.74, 6) is -1.71. The summed E-state index contributed by atoms with van der Waals surface area (Å²) in [4.78, 5) is 35.6. The first-order valence-corrected chi connectivity index (χ1v) is 8.88. The maximum Gasteiger partial charge on any atom is 0.232 e. The van der Waals surface area contributed by atoms with E-state index in [1.165, 1.54) is 18.2 Å². The lowest BCUT2D eigenvalue weighted by molar-refractivity contribution is -0.123. The molecule has 10 heteroatoms. The molecule has 1 aromatic carbocycles. The Hall–Kier alpha value is -3.27. The number of rotatable bonds is 3. The highest BCUT2D eigenvalue weighted by atomic mass is 19.1. The number of nitrogens with zero attached hydrogens (tertiary/aromatic N) is 3. The molecule has 146 valence electrons. The second-order valence-electron chi connectivity index (χ2n) is 6.54. The summed E-state index contributed by atoms with van der Waals surface area (Å²) < 4.78 is 19.2. The van der Waals surface area contributed by atoms with Crippen molar-refractivity contribution in [2.45, 2.75) is 12.3 Å². The Balaban J connectivity index is 1.65. The highest BCUT2D eigenvalue weighted by molar-refractivity contribution is 6.05. The highest BCUT2D eigenvalue weighted by Crippen LogP contribution is 2.36. The Kier molecular flexibility index (Phi) is 4.78. The van der Waals surface area contributed by atoms with Crippen molar-refractivity contribution in [3.8, 4) is 0 Å². The maximum absolute atomic E-state index is 13.9. The molecule has 2 aliphatic rings. The second kappa shape index (κ2) is 7.39. The Labute approximate surface area is 160 Å². The summed E-state index contributed by atoms with van der Waals surface area (Å²) in [6.07, 6.45) is -0.127. The Morgan fingerprint density at radius 2 is 2.04 bits per heavy atom. The number of benzene rings is 1. The number of amides is 2. The molecule has 0 spiro atoms. The third kappa shape index (κ3) is 3.46. The number of hydrogen-bond donors (Lipinski definition) is 3. The standard InChI is InChI=1S/C18H19FN6O3/c19-11-3-1-2-4-12(11)21-17(27)10-9-13(26)22-16-14(10)15(20)23-18(24-16)25-5-7-28-8-6-25/h1-4,10H,5-9H2,(H,21,27)(H3,20,22,23,24,26). The largest absolute Gasteiger partial charge is 0.383 e. The number of para-hydroxylation sites is 1. The van der Waals surface area contributed by atoms with E-state index in [1.807, 2.05) is 4.90 Å². The molecule has 2 amide bonds. The van der Waals surface area contributed by atoms with Gasteiger partial charge in [-0.2, -0.15) is 9.97 Å². The van der Waals surface area contributed by atoms with Crippen molar-refractivity contribution in [3.05, 3.63) is 35.6 Å². The van der Waals surface area contributed by atoms with E-state index in [9.17, 15) is 14.0 Å². The van der Waals surface area contributed by atoms with Crippen LogP contribution in [0.2, 0.25) is 0 Å². The first kappa shape index (κ1) is 18.1. The van der Waals surface area contributed by atoms with E-state index in [1.54, 1.807) is 6.07 Å². The summed E-state index contributed by atoms with van der Waals surface area (Å²) in [6, 6.07) is 5.81. The minimum atomic E-state index is -0.915. The van der Waals surface area contributed by atoms with Crippen LogP contribution < -0.4 is 21.3 Å². The zero-order valence-electron chi connectivity index (χ0n) is 14.9. The normalized spacial score (nSPS) is 19.0. The molecule has 9 nitrogen and oxygen atoms in total. The number of halogens is 1. The van der Waals surface area contributed by atoms with Crippen LogP contribution in [-0.4, -0.2) is 48.1 Å². The van der Waals surface area contributed by atoms with Gasteiger partial charge in [0.15, 0.2) is 0 Å². The van der Waals surface area contributed by atoms with Gasteiger partial charge >= 0.3 is 0 Å². The van der Waals surface area contributed by atoms with Crippen LogP contribution in [0.25, 0.3) is 0 Å². The Morgan fingerprint density at radius 1 is 1.29 bits per heavy atom. The average Bonchev–Trinajstić information content (AvgIpc) is 2.69. The lowest BCUT2D eigenvalue weighted by Gasteiger charge is -2.30. The topological polar surface area (TPSA) is 122 Å². The molecule has 1 aromatic heterocycles. The van der Waals surface area contributed by atoms with Gasteiger partial charge in [-0.3, -0.25) is 9.59 Å². The van der Waals surface area contributed by atoms with E-state index in [4.69, 9.17) is 10.5 Å². The van der Waals surface area contributed by atoms with Gasteiger partial charge in [-0.15, -0.1) is 0 Å². The van der Waals surface area contributed by atoms with Crippen LogP contribution in [0.15, 0.2) is 24.3 Å². The molecule has 1 atom stereocenters. The van der Waals surface area contributed by atoms with Gasteiger partial charge in [0.05, 0.1) is 30.4 Å². The van der Waals surface area contributed by atoms with E-state index in [2.05, 4.69) is 20.6 Å². The van der Waals surface area contributed by atoms with Crippen LogP contribution in [0, 0.1) is 5.82 Å². The number of carbonyl (C=O) groups excluding carboxylic acids is 2. The third-order valence-corrected chi connectivity index (χ3v) is 4.70. The SMILES string of the molecule is Nc1nc(N2CCOCC2)nc2c1C(C(=O)Nc1ccccc1F)CC(=O)N2. The number of nitrogen functional groups attached to an aromatic ring is 1. The highest BCUT2D eigenvalue weighted by Gasteiger charge is 2.35. The summed E-state index contributed by atoms with van der Waals surface area (Å²) in [5, 5.41) is 5.17. The average molecular weight is 386 g/mol. The quantitative estimate of drug-likeness (QED) is 0.722. The number of ether oxygens (including phenoxy) is 1. The molecular weight excluding hydrogens is 367 g/mol. The van der Waals surface area contributed by atoms with Gasteiger partial charge in [-0.1, -0.05) is 12.1 Å². The van der Waals surface area contributed by atoms with Crippen LogP contribution in [0.1, 0.15) is 17.9 Å². The van der Waals surface area contributed by atoms with Gasteiger partial charge in [0.25, 0.3) is 0 Å². The predicted octanol–water partition coefficient (Wildman–Crippen LogP) is 1.10. The zero-order valence-corrected chi connectivity index (χ0v) is 14.9. The number of anilines is 4. The molecule has 0 bridgehead atoms. The first-order valence-electron chi connectivity index (χ1n) is 8.88. The molecule has 1 fully saturated rings. The van der Waals surface area contributed by atoms with Crippen molar-refractivity contribution in [2.24, 2.45) is 0 Å². The first-order chi connectivity index (χ1) is 13.5.